The maximum absolute atomic E-state index is 12.5. The lowest BCUT2D eigenvalue weighted by molar-refractivity contribution is 0.271. The number of hydrogen-bond donors (Lipinski definition) is 1. The molecule has 0 bridgehead atoms. The molecule has 1 aromatic carbocycles. The second-order valence-corrected chi connectivity index (χ2v) is 9.23. The molecular weight excluding hydrogens is 354 g/mol. The number of benzene rings is 1. The number of anilines is 2. The van der Waals surface area contributed by atoms with Crippen LogP contribution in [0.1, 0.15) is 18.7 Å². The summed E-state index contributed by atoms with van der Waals surface area (Å²) >= 11 is 1.32. The van der Waals surface area contributed by atoms with Crippen LogP contribution in [0.15, 0.2) is 40.6 Å². The smallest absolute Gasteiger partial charge is 0.271 e. The van der Waals surface area contributed by atoms with Gasteiger partial charge in [0, 0.05) is 42.4 Å². The van der Waals surface area contributed by atoms with Crippen LogP contribution in [0.2, 0.25) is 0 Å². The fraction of sp³-hybridized carbons (Fsp3) is 0.444. The van der Waals surface area contributed by atoms with Gasteiger partial charge in [0.25, 0.3) is 10.0 Å². The first-order valence-electron chi connectivity index (χ1n) is 8.70. The number of sulfonamides is 1. The van der Waals surface area contributed by atoms with Crippen molar-refractivity contribution in [3.8, 4) is 0 Å². The van der Waals surface area contributed by atoms with Gasteiger partial charge in [0.1, 0.15) is 4.21 Å². The maximum atomic E-state index is 12.5. The van der Waals surface area contributed by atoms with E-state index in [1.807, 2.05) is 37.3 Å². The normalized spacial score (nSPS) is 16.2. The number of thiophene rings is 1. The van der Waals surface area contributed by atoms with E-state index in [4.69, 9.17) is 0 Å². The van der Waals surface area contributed by atoms with Crippen LogP contribution in [-0.2, 0) is 16.4 Å². The highest BCUT2D eigenvalue weighted by Gasteiger charge is 2.18. The standard InChI is InChI=1S/C18H25N3O2S2/c1-3-17-9-10-18(24-17)25(22,23)19-15-5-7-16(8-6-15)21-13-11-20(4-2)12-14-21/h5-10,19H,3-4,11-14H2,1-2H3. The molecule has 0 amide bonds. The Morgan fingerprint density at radius 3 is 2.24 bits per heavy atom. The second-order valence-electron chi connectivity index (χ2n) is 6.15. The first-order valence-corrected chi connectivity index (χ1v) is 11.0. The summed E-state index contributed by atoms with van der Waals surface area (Å²) in [7, 11) is -3.50. The molecule has 0 spiro atoms. The SMILES string of the molecule is CCc1ccc(S(=O)(=O)Nc2ccc(N3CCN(CC)CC3)cc2)s1. The summed E-state index contributed by atoms with van der Waals surface area (Å²) in [6.45, 7) is 9.47. The summed E-state index contributed by atoms with van der Waals surface area (Å²) in [4.78, 5) is 5.85. The summed E-state index contributed by atoms with van der Waals surface area (Å²) in [6, 6.07) is 11.2. The lowest BCUT2D eigenvalue weighted by Crippen LogP contribution is -2.46. The second kappa shape index (κ2) is 7.76. The summed E-state index contributed by atoms with van der Waals surface area (Å²) in [6.07, 6.45) is 0.847. The van der Waals surface area contributed by atoms with Gasteiger partial charge in [-0.3, -0.25) is 4.72 Å². The molecule has 1 N–H and O–H groups in total. The zero-order valence-electron chi connectivity index (χ0n) is 14.7. The number of nitrogens with one attached hydrogen (secondary N) is 1. The van der Waals surface area contributed by atoms with Gasteiger partial charge in [0.05, 0.1) is 0 Å². The molecule has 1 aromatic heterocycles. The topological polar surface area (TPSA) is 52.7 Å². The zero-order chi connectivity index (χ0) is 17.9. The Morgan fingerprint density at radius 1 is 1.00 bits per heavy atom. The van der Waals surface area contributed by atoms with Crippen LogP contribution in [0.5, 0.6) is 0 Å². The third-order valence-electron chi connectivity index (χ3n) is 4.55. The molecule has 25 heavy (non-hydrogen) atoms. The van der Waals surface area contributed by atoms with Crippen molar-refractivity contribution < 1.29 is 8.42 Å². The highest BCUT2D eigenvalue weighted by atomic mass is 32.2. The van der Waals surface area contributed by atoms with E-state index in [-0.39, 0.29) is 0 Å². The number of rotatable bonds is 6. The number of hydrogen-bond acceptors (Lipinski definition) is 5. The van der Waals surface area contributed by atoms with Crippen molar-refractivity contribution in [3.63, 3.8) is 0 Å². The Bertz CT molecular complexity index is 792. The van der Waals surface area contributed by atoms with E-state index in [1.165, 1.54) is 11.3 Å². The van der Waals surface area contributed by atoms with E-state index in [0.717, 1.165) is 49.7 Å². The molecule has 0 unspecified atom stereocenters. The Balaban J connectivity index is 1.66. The van der Waals surface area contributed by atoms with E-state index in [1.54, 1.807) is 6.07 Å². The van der Waals surface area contributed by atoms with Crippen molar-refractivity contribution in [2.75, 3.05) is 42.3 Å². The van der Waals surface area contributed by atoms with Crippen LogP contribution in [-0.4, -0.2) is 46.0 Å². The van der Waals surface area contributed by atoms with Crippen LogP contribution < -0.4 is 9.62 Å². The van der Waals surface area contributed by atoms with Gasteiger partial charge >= 0.3 is 0 Å². The Hall–Kier alpha value is -1.57. The predicted octanol–water partition coefficient (Wildman–Crippen LogP) is 3.25. The molecule has 3 rings (SSSR count). The molecule has 0 aliphatic carbocycles. The monoisotopic (exact) mass is 379 g/mol. The molecule has 1 aliphatic heterocycles. The molecule has 1 fully saturated rings. The van der Waals surface area contributed by atoms with E-state index in [0.29, 0.717) is 9.90 Å². The summed E-state index contributed by atoms with van der Waals surface area (Å²) < 4.78 is 28.0. The Kier molecular flexibility index (Phi) is 5.66. The van der Waals surface area contributed by atoms with Gasteiger partial charge in [-0.15, -0.1) is 11.3 Å². The van der Waals surface area contributed by atoms with Crippen molar-refractivity contribution in [1.82, 2.24) is 4.90 Å². The van der Waals surface area contributed by atoms with Crippen LogP contribution in [0.25, 0.3) is 0 Å². The van der Waals surface area contributed by atoms with Crippen LogP contribution in [0.3, 0.4) is 0 Å². The van der Waals surface area contributed by atoms with E-state index in [9.17, 15) is 8.42 Å². The molecule has 0 radical (unpaired) electrons. The van der Waals surface area contributed by atoms with E-state index >= 15 is 0 Å². The van der Waals surface area contributed by atoms with Gasteiger partial charge in [-0.05, 0) is 49.4 Å². The minimum absolute atomic E-state index is 0.365. The first-order chi connectivity index (χ1) is 12.0. The third kappa shape index (κ3) is 4.34. The van der Waals surface area contributed by atoms with Crippen molar-refractivity contribution in [2.45, 2.75) is 24.5 Å². The van der Waals surface area contributed by atoms with Crippen LogP contribution in [0, 0.1) is 0 Å². The number of piperazine rings is 1. The molecule has 1 aliphatic rings. The molecule has 136 valence electrons. The maximum Gasteiger partial charge on any atom is 0.271 e. The van der Waals surface area contributed by atoms with Crippen molar-refractivity contribution in [2.24, 2.45) is 0 Å². The lowest BCUT2D eigenvalue weighted by Gasteiger charge is -2.35. The predicted molar refractivity (Wildman–Crippen MR) is 105 cm³/mol. The highest BCUT2D eigenvalue weighted by molar-refractivity contribution is 7.94. The first kappa shape index (κ1) is 18.2. The Labute approximate surface area is 154 Å². The van der Waals surface area contributed by atoms with Crippen LogP contribution >= 0.6 is 11.3 Å². The summed E-state index contributed by atoms with van der Waals surface area (Å²) in [5.74, 6) is 0. The summed E-state index contributed by atoms with van der Waals surface area (Å²) in [5, 5.41) is 0. The quantitative estimate of drug-likeness (QED) is 0.837. The molecule has 7 heteroatoms. The van der Waals surface area contributed by atoms with Crippen LogP contribution in [0.4, 0.5) is 11.4 Å². The van der Waals surface area contributed by atoms with E-state index < -0.39 is 10.0 Å². The third-order valence-corrected chi connectivity index (χ3v) is 7.66. The van der Waals surface area contributed by atoms with Gasteiger partial charge in [-0.2, -0.15) is 0 Å². The van der Waals surface area contributed by atoms with Crippen molar-refractivity contribution >= 4 is 32.7 Å². The number of nitrogens with zero attached hydrogens (tertiary/aromatic N) is 2. The molecular formula is C18H25N3O2S2. The summed E-state index contributed by atoms with van der Waals surface area (Å²) in [5.41, 5.74) is 1.74. The average Bonchev–Trinajstić information content (AvgIpc) is 3.12. The van der Waals surface area contributed by atoms with Gasteiger partial charge in [-0.1, -0.05) is 13.8 Å². The van der Waals surface area contributed by atoms with Gasteiger partial charge in [0.15, 0.2) is 0 Å². The number of likely N-dealkylation sites (N-methyl/N-ethyl adjacent to an activating group) is 1. The largest absolute Gasteiger partial charge is 0.369 e. The molecule has 2 heterocycles. The fourth-order valence-electron chi connectivity index (χ4n) is 2.96. The van der Waals surface area contributed by atoms with E-state index in [2.05, 4.69) is 21.4 Å². The van der Waals surface area contributed by atoms with Gasteiger partial charge in [0.2, 0.25) is 0 Å². The van der Waals surface area contributed by atoms with Gasteiger partial charge < -0.3 is 9.80 Å². The minimum Gasteiger partial charge on any atom is -0.369 e. The Morgan fingerprint density at radius 2 is 1.68 bits per heavy atom. The zero-order valence-corrected chi connectivity index (χ0v) is 16.4. The van der Waals surface area contributed by atoms with Crippen molar-refractivity contribution in [3.05, 3.63) is 41.3 Å². The molecule has 0 atom stereocenters. The molecule has 2 aromatic rings. The highest BCUT2D eigenvalue weighted by Crippen LogP contribution is 2.25. The van der Waals surface area contributed by atoms with Gasteiger partial charge in [-0.25, -0.2) is 8.42 Å². The minimum atomic E-state index is -3.50. The molecule has 5 nitrogen and oxygen atoms in total. The lowest BCUT2D eigenvalue weighted by atomic mass is 10.2. The molecule has 0 saturated carbocycles. The van der Waals surface area contributed by atoms with Crippen molar-refractivity contribution in [1.29, 1.82) is 0 Å². The molecule has 1 saturated heterocycles. The fourth-order valence-corrected chi connectivity index (χ4v) is 5.31. The number of aryl methyl sites for hydroxylation is 1. The average molecular weight is 380 g/mol.